The third-order valence-electron chi connectivity index (χ3n) is 4.19. The summed E-state index contributed by atoms with van der Waals surface area (Å²) < 4.78 is 5.78. The van der Waals surface area contributed by atoms with E-state index in [2.05, 4.69) is 24.0 Å². The Labute approximate surface area is 142 Å². The van der Waals surface area contributed by atoms with Crippen LogP contribution < -0.4 is 4.74 Å². The molecule has 1 unspecified atom stereocenters. The highest BCUT2D eigenvalue weighted by Crippen LogP contribution is 2.30. The average molecular weight is 331 g/mol. The van der Waals surface area contributed by atoms with Crippen molar-refractivity contribution in [2.75, 3.05) is 13.2 Å². The van der Waals surface area contributed by atoms with Crippen LogP contribution in [-0.2, 0) is 6.54 Å². The maximum absolute atomic E-state index is 10.4. The van der Waals surface area contributed by atoms with E-state index in [0.717, 1.165) is 17.9 Å². The molecule has 3 nitrogen and oxygen atoms in total. The lowest BCUT2D eigenvalue weighted by Gasteiger charge is -2.24. The molecule has 1 atom stereocenters. The molecule has 1 aromatic heterocycles. The summed E-state index contributed by atoms with van der Waals surface area (Å²) in [5, 5.41) is 10.4. The van der Waals surface area contributed by atoms with Crippen LogP contribution in [-0.4, -0.2) is 35.3 Å². The van der Waals surface area contributed by atoms with Crippen LogP contribution >= 0.6 is 11.3 Å². The van der Waals surface area contributed by atoms with Crippen LogP contribution in [0.5, 0.6) is 5.75 Å². The highest BCUT2D eigenvalue weighted by atomic mass is 32.1. The van der Waals surface area contributed by atoms with Gasteiger partial charge < -0.3 is 9.84 Å². The Hall–Kier alpha value is -1.36. The molecule has 0 bridgehead atoms. The lowest BCUT2D eigenvalue weighted by molar-refractivity contribution is 0.0628. The monoisotopic (exact) mass is 331 g/mol. The third kappa shape index (κ3) is 4.80. The molecule has 124 valence electrons. The first-order valence-corrected chi connectivity index (χ1v) is 9.09. The number of rotatable bonds is 8. The molecule has 1 saturated carbocycles. The van der Waals surface area contributed by atoms with Crippen LogP contribution in [0.2, 0.25) is 0 Å². The summed E-state index contributed by atoms with van der Waals surface area (Å²) >= 11 is 1.85. The summed E-state index contributed by atoms with van der Waals surface area (Å²) in [5.74, 6) is 0.860. The Morgan fingerprint density at radius 2 is 2.00 bits per heavy atom. The van der Waals surface area contributed by atoms with Crippen molar-refractivity contribution in [1.29, 1.82) is 0 Å². The SMILES string of the molecule is Cc1ccc(CN(CC(O)COc2ccccc2C)C2CC2)s1. The Kier molecular flexibility index (Phi) is 5.36. The predicted octanol–water partition coefficient (Wildman–Crippen LogP) is 3.77. The van der Waals surface area contributed by atoms with E-state index in [1.54, 1.807) is 0 Å². The summed E-state index contributed by atoms with van der Waals surface area (Å²) in [4.78, 5) is 5.12. The van der Waals surface area contributed by atoms with Crippen LogP contribution in [0.4, 0.5) is 0 Å². The van der Waals surface area contributed by atoms with Crippen molar-refractivity contribution in [2.45, 2.75) is 45.4 Å². The molecule has 0 radical (unpaired) electrons. The van der Waals surface area contributed by atoms with E-state index < -0.39 is 6.10 Å². The van der Waals surface area contributed by atoms with Gasteiger partial charge in [0.05, 0.1) is 0 Å². The topological polar surface area (TPSA) is 32.7 Å². The zero-order valence-electron chi connectivity index (χ0n) is 13.9. The fourth-order valence-electron chi connectivity index (χ4n) is 2.78. The zero-order valence-corrected chi connectivity index (χ0v) is 14.7. The fourth-order valence-corrected chi connectivity index (χ4v) is 3.70. The van der Waals surface area contributed by atoms with E-state index in [0.29, 0.717) is 19.2 Å². The van der Waals surface area contributed by atoms with Crippen LogP contribution in [0, 0.1) is 13.8 Å². The largest absolute Gasteiger partial charge is 0.491 e. The molecule has 1 N–H and O–H groups in total. The van der Waals surface area contributed by atoms with Gasteiger partial charge in [0.25, 0.3) is 0 Å². The first-order chi connectivity index (χ1) is 11.1. The van der Waals surface area contributed by atoms with Crippen molar-refractivity contribution in [3.05, 3.63) is 51.7 Å². The molecule has 1 aliphatic rings. The molecule has 0 aliphatic heterocycles. The van der Waals surface area contributed by atoms with E-state index in [1.165, 1.54) is 22.6 Å². The maximum atomic E-state index is 10.4. The minimum Gasteiger partial charge on any atom is -0.491 e. The van der Waals surface area contributed by atoms with E-state index in [1.807, 2.05) is 42.5 Å². The molecule has 1 aromatic carbocycles. The molecule has 4 heteroatoms. The summed E-state index contributed by atoms with van der Waals surface area (Å²) in [7, 11) is 0. The van der Waals surface area contributed by atoms with Gasteiger partial charge in [-0.05, 0) is 50.5 Å². The zero-order chi connectivity index (χ0) is 16.2. The molecule has 3 rings (SSSR count). The Morgan fingerprint density at radius 1 is 1.22 bits per heavy atom. The number of aliphatic hydroxyl groups excluding tert-OH is 1. The minimum atomic E-state index is -0.462. The first-order valence-electron chi connectivity index (χ1n) is 8.27. The highest BCUT2D eigenvalue weighted by Gasteiger charge is 2.30. The molecule has 2 aromatic rings. The lowest BCUT2D eigenvalue weighted by Crippen LogP contribution is -2.36. The minimum absolute atomic E-state index is 0.345. The Bertz CT molecular complexity index is 636. The number of hydrogen-bond donors (Lipinski definition) is 1. The van der Waals surface area contributed by atoms with Gasteiger partial charge in [0.2, 0.25) is 0 Å². The number of aryl methyl sites for hydroxylation is 2. The second kappa shape index (κ2) is 7.47. The van der Waals surface area contributed by atoms with Crippen LogP contribution in [0.3, 0.4) is 0 Å². The number of thiophene rings is 1. The molecular weight excluding hydrogens is 306 g/mol. The van der Waals surface area contributed by atoms with Gasteiger partial charge in [-0.25, -0.2) is 0 Å². The van der Waals surface area contributed by atoms with Gasteiger partial charge in [0.15, 0.2) is 0 Å². The molecular formula is C19H25NO2S. The lowest BCUT2D eigenvalue weighted by atomic mass is 10.2. The van der Waals surface area contributed by atoms with E-state index in [-0.39, 0.29) is 0 Å². The van der Waals surface area contributed by atoms with Crippen molar-refractivity contribution in [3.63, 3.8) is 0 Å². The summed E-state index contributed by atoms with van der Waals surface area (Å²) in [6.45, 7) is 6.12. The molecule has 1 aliphatic carbocycles. The summed E-state index contributed by atoms with van der Waals surface area (Å²) in [6.07, 6.45) is 2.03. The van der Waals surface area contributed by atoms with Gasteiger partial charge in [-0.3, -0.25) is 4.90 Å². The summed E-state index contributed by atoms with van der Waals surface area (Å²) in [5.41, 5.74) is 1.10. The number of nitrogens with zero attached hydrogens (tertiary/aromatic N) is 1. The van der Waals surface area contributed by atoms with Crippen molar-refractivity contribution in [3.8, 4) is 5.75 Å². The first kappa shape index (κ1) is 16.5. The maximum Gasteiger partial charge on any atom is 0.122 e. The highest BCUT2D eigenvalue weighted by molar-refractivity contribution is 7.11. The third-order valence-corrected chi connectivity index (χ3v) is 5.17. The molecule has 0 saturated heterocycles. The molecule has 1 fully saturated rings. The van der Waals surface area contributed by atoms with E-state index in [4.69, 9.17) is 4.74 Å². The number of benzene rings is 1. The standard InChI is InChI=1S/C19H25NO2S/c1-14-5-3-4-6-19(14)22-13-17(21)11-20(16-8-9-16)12-18-10-7-15(2)23-18/h3-7,10,16-17,21H,8-9,11-13H2,1-2H3. The fraction of sp³-hybridized carbons (Fsp3) is 0.474. The summed E-state index contributed by atoms with van der Waals surface area (Å²) in [6, 6.07) is 12.9. The number of ether oxygens (including phenoxy) is 1. The van der Waals surface area contributed by atoms with Gasteiger partial charge in [-0.1, -0.05) is 18.2 Å². The average Bonchev–Trinajstić information content (AvgIpc) is 3.29. The van der Waals surface area contributed by atoms with Crippen LogP contribution in [0.15, 0.2) is 36.4 Å². The van der Waals surface area contributed by atoms with Crippen LogP contribution in [0.1, 0.15) is 28.2 Å². The van der Waals surface area contributed by atoms with Crippen LogP contribution in [0.25, 0.3) is 0 Å². The van der Waals surface area contributed by atoms with Crippen molar-refractivity contribution in [1.82, 2.24) is 4.90 Å². The quantitative estimate of drug-likeness (QED) is 0.799. The normalized spacial score (nSPS) is 15.8. The molecule has 0 spiro atoms. The smallest absolute Gasteiger partial charge is 0.122 e. The number of para-hydroxylation sites is 1. The van der Waals surface area contributed by atoms with E-state index >= 15 is 0 Å². The Morgan fingerprint density at radius 3 is 2.65 bits per heavy atom. The van der Waals surface area contributed by atoms with Gasteiger partial charge >= 0.3 is 0 Å². The molecule has 0 amide bonds. The second-order valence-electron chi connectivity index (χ2n) is 6.40. The molecule has 23 heavy (non-hydrogen) atoms. The molecule has 1 heterocycles. The van der Waals surface area contributed by atoms with E-state index in [9.17, 15) is 5.11 Å². The number of aliphatic hydroxyl groups is 1. The number of hydrogen-bond acceptors (Lipinski definition) is 4. The second-order valence-corrected chi connectivity index (χ2v) is 7.78. The van der Waals surface area contributed by atoms with Gasteiger partial charge in [-0.15, -0.1) is 11.3 Å². The van der Waals surface area contributed by atoms with Gasteiger partial charge in [0, 0.05) is 28.9 Å². The Balaban J connectivity index is 1.52. The van der Waals surface area contributed by atoms with Crippen molar-refractivity contribution in [2.24, 2.45) is 0 Å². The predicted molar refractivity (Wildman–Crippen MR) is 95.2 cm³/mol. The van der Waals surface area contributed by atoms with Crippen molar-refractivity contribution < 1.29 is 9.84 Å². The van der Waals surface area contributed by atoms with Crippen molar-refractivity contribution >= 4 is 11.3 Å². The van der Waals surface area contributed by atoms with Gasteiger partial charge in [0.1, 0.15) is 18.5 Å². The van der Waals surface area contributed by atoms with Gasteiger partial charge in [-0.2, -0.15) is 0 Å².